The molecule has 0 aromatic carbocycles. The van der Waals surface area contributed by atoms with Crippen LogP contribution in [0.1, 0.15) is 13.8 Å². The highest BCUT2D eigenvalue weighted by molar-refractivity contribution is 5.38. The van der Waals surface area contributed by atoms with Crippen LogP contribution >= 0.6 is 0 Å². The molecule has 1 aromatic rings. The van der Waals surface area contributed by atoms with Crippen LogP contribution < -0.4 is 20.9 Å². The Morgan fingerprint density at radius 3 is 2.56 bits per heavy atom. The van der Waals surface area contributed by atoms with Crippen LogP contribution in [0.15, 0.2) is 0 Å². The molecule has 0 aliphatic heterocycles. The first-order valence-corrected chi connectivity index (χ1v) is 5.68. The van der Waals surface area contributed by atoms with Crippen molar-refractivity contribution in [2.24, 2.45) is 5.84 Å². The average Bonchev–Trinajstić information content (AvgIpc) is 2.39. The first kappa shape index (κ1) is 14.4. The van der Waals surface area contributed by atoms with Gasteiger partial charge < -0.3 is 14.4 Å². The molecule has 3 N–H and O–H groups in total. The predicted molar refractivity (Wildman–Crippen MR) is 68.5 cm³/mol. The molecule has 1 atom stereocenters. The van der Waals surface area contributed by atoms with Crippen molar-refractivity contribution in [3.05, 3.63) is 0 Å². The lowest BCUT2D eigenvalue weighted by Gasteiger charge is -2.27. The molecular weight excluding hydrogens is 236 g/mol. The van der Waals surface area contributed by atoms with Crippen molar-refractivity contribution in [2.45, 2.75) is 19.9 Å². The number of ether oxygens (including phenoxy) is 2. The van der Waals surface area contributed by atoms with E-state index in [2.05, 4.69) is 20.4 Å². The summed E-state index contributed by atoms with van der Waals surface area (Å²) in [6.07, 6.45) is 0. The fourth-order valence-electron chi connectivity index (χ4n) is 1.61. The van der Waals surface area contributed by atoms with E-state index in [0.29, 0.717) is 12.6 Å². The lowest BCUT2D eigenvalue weighted by atomic mass is 10.3. The SMILES string of the molecule is CCN(c1nc(NN)nc(OC)n1)C(C)COC. The summed E-state index contributed by atoms with van der Waals surface area (Å²) in [4.78, 5) is 14.3. The van der Waals surface area contributed by atoms with Gasteiger partial charge in [0.2, 0.25) is 11.9 Å². The number of nitrogens with one attached hydrogen (secondary N) is 1. The highest BCUT2D eigenvalue weighted by Gasteiger charge is 2.17. The third-order valence-electron chi connectivity index (χ3n) is 2.45. The molecular formula is C10H20N6O2. The largest absolute Gasteiger partial charge is 0.467 e. The summed E-state index contributed by atoms with van der Waals surface area (Å²) in [5.41, 5.74) is 2.39. The molecule has 0 spiro atoms. The van der Waals surface area contributed by atoms with Crippen LogP contribution in [-0.2, 0) is 4.74 Å². The Morgan fingerprint density at radius 2 is 2.06 bits per heavy atom. The number of nitrogen functional groups attached to an aromatic ring is 1. The van der Waals surface area contributed by atoms with E-state index in [1.807, 2.05) is 18.7 Å². The van der Waals surface area contributed by atoms with Crippen molar-refractivity contribution in [1.29, 1.82) is 0 Å². The van der Waals surface area contributed by atoms with Crippen LogP contribution in [0.3, 0.4) is 0 Å². The number of nitrogens with zero attached hydrogens (tertiary/aromatic N) is 4. The first-order chi connectivity index (χ1) is 8.65. The molecule has 8 heteroatoms. The van der Waals surface area contributed by atoms with Gasteiger partial charge in [-0.05, 0) is 13.8 Å². The average molecular weight is 256 g/mol. The molecule has 1 rings (SSSR count). The minimum atomic E-state index is 0.137. The smallest absolute Gasteiger partial charge is 0.322 e. The third-order valence-corrected chi connectivity index (χ3v) is 2.45. The molecule has 1 aromatic heterocycles. The Labute approximate surface area is 106 Å². The van der Waals surface area contributed by atoms with E-state index in [-0.39, 0.29) is 18.0 Å². The van der Waals surface area contributed by atoms with E-state index >= 15 is 0 Å². The highest BCUT2D eigenvalue weighted by Crippen LogP contribution is 2.16. The molecule has 102 valence electrons. The van der Waals surface area contributed by atoms with E-state index < -0.39 is 0 Å². The number of methoxy groups -OCH3 is 2. The molecule has 0 saturated heterocycles. The maximum Gasteiger partial charge on any atom is 0.322 e. The number of hydrogen-bond donors (Lipinski definition) is 2. The lowest BCUT2D eigenvalue weighted by Crippen LogP contribution is -2.37. The Hall–Kier alpha value is -1.67. The van der Waals surface area contributed by atoms with Crippen molar-refractivity contribution in [3.8, 4) is 6.01 Å². The van der Waals surface area contributed by atoms with E-state index in [4.69, 9.17) is 15.3 Å². The van der Waals surface area contributed by atoms with E-state index in [9.17, 15) is 0 Å². The van der Waals surface area contributed by atoms with Crippen LogP contribution in [0.25, 0.3) is 0 Å². The second kappa shape index (κ2) is 6.92. The first-order valence-electron chi connectivity index (χ1n) is 5.68. The summed E-state index contributed by atoms with van der Waals surface area (Å²) in [6.45, 7) is 5.35. The molecule has 1 unspecified atom stereocenters. The summed E-state index contributed by atoms with van der Waals surface area (Å²) < 4.78 is 10.2. The standard InChI is InChI=1S/C10H20N6O2/c1-5-16(7(2)6-17-3)9-12-8(15-11)13-10(14-9)18-4/h7H,5-6,11H2,1-4H3,(H,12,13,14,15). The fourth-order valence-corrected chi connectivity index (χ4v) is 1.61. The van der Waals surface area contributed by atoms with Crippen molar-refractivity contribution in [1.82, 2.24) is 15.0 Å². The van der Waals surface area contributed by atoms with Gasteiger partial charge in [0.1, 0.15) is 0 Å². The molecule has 0 fully saturated rings. The number of rotatable bonds is 7. The van der Waals surface area contributed by atoms with Gasteiger partial charge in [0.25, 0.3) is 0 Å². The number of hydrazine groups is 1. The molecule has 0 aliphatic carbocycles. The Kier molecular flexibility index (Phi) is 5.53. The number of aromatic nitrogens is 3. The third kappa shape index (κ3) is 3.41. The Morgan fingerprint density at radius 1 is 1.33 bits per heavy atom. The number of anilines is 2. The van der Waals surface area contributed by atoms with Crippen LogP contribution in [-0.4, -0.2) is 48.4 Å². The van der Waals surface area contributed by atoms with Crippen molar-refractivity contribution in [2.75, 3.05) is 37.7 Å². The molecule has 18 heavy (non-hydrogen) atoms. The maximum absolute atomic E-state index is 5.32. The zero-order chi connectivity index (χ0) is 13.5. The molecule has 0 saturated carbocycles. The van der Waals surface area contributed by atoms with Gasteiger partial charge in [-0.25, -0.2) is 5.84 Å². The summed E-state index contributed by atoms with van der Waals surface area (Å²) in [5.74, 6) is 6.08. The van der Waals surface area contributed by atoms with Gasteiger partial charge in [-0.2, -0.15) is 15.0 Å². The van der Waals surface area contributed by atoms with Gasteiger partial charge >= 0.3 is 6.01 Å². The van der Waals surface area contributed by atoms with E-state index in [0.717, 1.165) is 6.54 Å². The quantitative estimate of drug-likeness (QED) is 0.520. The number of hydrogen-bond acceptors (Lipinski definition) is 8. The van der Waals surface area contributed by atoms with E-state index in [1.54, 1.807) is 7.11 Å². The summed E-state index contributed by atoms with van der Waals surface area (Å²) in [6, 6.07) is 0.355. The van der Waals surface area contributed by atoms with E-state index in [1.165, 1.54) is 7.11 Å². The van der Waals surface area contributed by atoms with Gasteiger partial charge in [-0.1, -0.05) is 0 Å². The minimum absolute atomic E-state index is 0.137. The number of nitrogens with two attached hydrogens (primary N) is 1. The van der Waals surface area contributed by atoms with Crippen LogP contribution in [0, 0.1) is 0 Å². The lowest BCUT2D eigenvalue weighted by molar-refractivity contribution is 0.181. The second-order valence-corrected chi connectivity index (χ2v) is 3.68. The normalized spacial score (nSPS) is 12.1. The van der Waals surface area contributed by atoms with Gasteiger partial charge in [0, 0.05) is 13.7 Å². The van der Waals surface area contributed by atoms with Crippen molar-refractivity contribution >= 4 is 11.9 Å². The molecule has 0 aliphatic rings. The Balaban J connectivity index is 3.03. The number of likely N-dealkylation sites (N-methyl/N-ethyl adjacent to an activating group) is 1. The summed E-state index contributed by atoms with van der Waals surface area (Å²) in [7, 11) is 3.15. The maximum atomic E-state index is 5.32. The molecule has 8 nitrogen and oxygen atoms in total. The van der Waals surface area contributed by atoms with Gasteiger partial charge in [0.05, 0.1) is 19.8 Å². The van der Waals surface area contributed by atoms with Crippen molar-refractivity contribution in [3.63, 3.8) is 0 Å². The molecule has 0 bridgehead atoms. The summed E-state index contributed by atoms with van der Waals surface area (Å²) in [5, 5.41) is 0. The van der Waals surface area contributed by atoms with Crippen LogP contribution in [0.2, 0.25) is 0 Å². The predicted octanol–water partition coefficient (Wildman–Crippen LogP) is 0.0270. The second-order valence-electron chi connectivity index (χ2n) is 3.68. The molecule has 0 radical (unpaired) electrons. The van der Waals surface area contributed by atoms with Gasteiger partial charge in [0.15, 0.2) is 0 Å². The van der Waals surface area contributed by atoms with Gasteiger partial charge in [-0.15, -0.1) is 0 Å². The highest BCUT2D eigenvalue weighted by atomic mass is 16.5. The summed E-state index contributed by atoms with van der Waals surface area (Å²) >= 11 is 0. The van der Waals surface area contributed by atoms with Crippen molar-refractivity contribution < 1.29 is 9.47 Å². The van der Waals surface area contributed by atoms with Crippen LogP contribution in [0.4, 0.5) is 11.9 Å². The monoisotopic (exact) mass is 256 g/mol. The zero-order valence-corrected chi connectivity index (χ0v) is 11.2. The minimum Gasteiger partial charge on any atom is -0.467 e. The Bertz CT molecular complexity index is 353. The molecule has 1 heterocycles. The van der Waals surface area contributed by atoms with Gasteiger partial charge in [-0.3, -0.25) is 5.43 Å². The topological polar surface area (TPSA) is 98.4 Å². The molecule has 0 amide bonds. The zero-order valence-electron chi connectivity index (χ0n) is 11.2. The van der Waals surface area contributed by atoms with Crippen LogP contribution in [0.5, 0.6) is 6.01 Å². The fraction of sp³-hybridized carbons (Fsp3) is 0.700.